The molecule has 1 rings (SSSR count). The lowest BCUT2D eigenvalue weighted by molar-refractivity contribution is 0.749. The molecule has 1 aromatic rings. The van der Waals surface area contributed by atoms with E-state index in [2.05, 4.69) is 31.1 Å². The molecule has 1 unspecified atom stereocenters. The third-order valence-corrected chi connectivity index (χ3v) is 4.12. The maximum atomic E-state index is 5.59. The highest BCUT2D eigenvalue weighted by molar-refractivity contribution is 7.99. The van der Waals surface area contributed by atoms with Gasteiger partial charge in [-0.3, -0.25) is 0 Å². The molecule has 0 radical (unpaired) electrons. The number of nitrogens with two attached hydrogens (primary N) is 1. The summed E-state index contributed by atoms with van der Waals surface area (Å²) in [7, 11) is 0. The van der Waals surface area contributed by atoms with Gasteiger partial charge in [-0.25, -0.2) is 4.98 Å². The minimum atomic E-state index is 0.393. The van der Waals surface area contributed by atoms with Crippen LogP contribution in [-0.2, 0) is 5.75 Å². The van der Waals surface area contributed by atoms with Gasteiger partial charge in [-0.05, 0) is 5.25 Å². The lowest BCUT2D eigenvalue weighted by atomic mass is 10.1. The maximum absolute atomic E-state index is 5.59. The molecule has 1 atom stereocenters. The zero-order valence-electron chi connectivity index (χ0n) is 8.99. The number of nitrogens with zero attached hydrogens (tertiary/aromatic N) is 1. The van der Waals surface area contributed by atoms with E-state index in [0.717, 1.165) is 11.4 Å². The van der Waals surface area contributed by atoms with Crippen molar-refractivity contribution in [2.45, 2.75) is 37.7 Å². The molecule has 0 saturated carbocycles. The van der Waals surface area contributed by atoms with Crippen LogP contribution in [0.4, 0.5) is 0 Å². The lowest BCUT2D eigenvalue weighted by Gasteiger charge is -2.03. The first kappa shape index (κ1) is 12.0. The van der Waals surface area contributed by atoms with Crippen LogP contribution in [0.1, 0.15) is 37.4 Å². The molecule has 0 aliphatic heterocycles. The van der Waals surface area contributed by atoms with Crippen molar-refractivity contribution < 1.29 is 0 Å². The average molecular weight is 230 g/mol. The molecule has 0 fully saturated rings. The van der Waals surface area contributed by atoms with Crippen LogP contribution in [0.5, 0.6) is 0 Å². The van der Waals surface area contributed by atoms with Crippen LogP contribution in [0.2, 0.25) is 0 Å². The third kappa shape index (κ3) is 3.59. The summed E-state index contributed by atoms with van der Waals surface area (Å²) in [5.74, 6) is 1.42. The van der Waals surface area contributed by atoms with Crippen LogP contribution < -0.4 is 5.73 Å². The zero-order chi connectivity index (χ0) is 10.6. The van der Waals surface area contributed by atoms with Crippen molar-refractivity contribution in [3.05, 3.63) is 16.1 Å². The third-order valence-electron chi connectivity index (χ3n) is 1.97. The van der Waals surface area contributed by atoms with Gasteiger partial charge in [0.25, 0.3) is 0 Å². The standard InChI is InChI=1S/C10H18N2S2/c1-7(2)13-6-10-12-9(5-14-10)8(3)4-11/h5,7-8H,4,6,11H2,1-3H3. The van der Waals surface area contributed by atoms with Crippen LogP contribution in [0.15, 0.2) is 5.38 Å². The van der Waals surface area contributed by atoms with Gasteiger partial charge in [-0.1, -0.05) is 20.8 Å². The fraction of sp³-hybridized carbons (Fsp3) is 0.700. The first-order chi connectivity index (χ1) is 6.63. The second kappa shape index (κ2) is 5.73. The topological polar surface area (TPSA) is 38.9 Å². The highest BCUT2D eigenvalue weighted by atomic mass is 32.2. The van der Waals surface area contributed by atoms with Gasteiger partial charge in [0.2, 0.25) is 0 Å². The van der Waals surface area contributed by atoms with Crippen molar-refractivity contribution in [3.63, 3.8) is 0 Å². The van der Waals surface area contributed by atoms with E-state index in [4.69, 9.17) is 5.73 Å². The molecule has 0 amide bonds. The maximum Gasteiger partial charge on any atom is 0.103 e. The number of aromatic nitrogens is 1. The Morgan fingerprint density at radius 3 is 2.79 bits per heavy atom. The molecule has 2 nitrogen and oxygen atoms in total. The highest BCUT2D eigenvalue weighted by Crippen LogP contribution is 2.23. The van der Waals surface area contributed by atoms with Gasteiger partial charge in [0, 0.05) is 23.6 Å². The Bertz CT molecular complexity index is 271. The Hall–Kier alpha value is -0.0600. The molecule has 1 heterocycles. The molecule has 80 valence electrons. The van der Waals surface area contributed by atoms with E-state index in [1.807, 2.05) is 11.8 Å². The molecule has 1 aromatic heterocycles. The minimum Gasteiger partial charge on any atom is -0.330 e. The van der Waals surface area contributed by atoms with Crippen molar-refractivity contribution in [2.75, 3.05) is 6.54 Å². The predicted molar refractivity (Wildman–Crippen MR) is 66.0 cm³/mol. The van der Waals surface area contributed by atoms with Crippen molar-refractivity contribution >= 4 is 23.1 Å². The Morgan fingerprint density at radius 1 is 1.50 bits per heavy atom. The summed E-state index contributed by atoms with van der Waals surface area (Å²) in [6, 6.07) is 0. The monoisotopic (exact) mass is 230 g/mol. The zero-order valence-corrected chi connectivity index (χ0v) is 10.6. The SMILES string of the molecule is CC(C)SCc1nc(C(C)CN)cs1. The second-order valence-corrected chi connectivity index (χ2v) is 6.17. The Morgan fingerprint density at radius 2 is 2.21 bits per heavy atom. The summed E-state index contributed by atoms with van der Waals surface area (Å²) in [5, 5.41) is 4.03. The normalized spacial score (nSPS) is 13.5. The largest absolute Gasteiger partial charge is 0.330 e. The number of thioether (sulfide) groups is 1. The van der Waals surface area contributed by atoms with E-state index in [-0.39, 0.29) is 0 Å². The number of rotatable bonds is 5. The molecule has 2 N–H and O–H groups in total. The number of thiazole rings is 1. The van der Waals surface area contributed by atoms with Crippen LogP contribution >= 0.6 is 23.1 Å². The molecule has 0 bridgehead atoms. The van der Waals surface area contributed by atoms with Crippen LogP contribution in [0, 0.1) is 0 Å². The number of hydrogen-bond donors (Lipinski definition) is 1. The summed E-state index contributed by atoms with van der Waals surface area (Å²) in [6.07, 6.45) is 0. The van der Waals surface area contributed by atoms with E-state index in [9.17, 15) is 0 Å². The molecule has 0 saturated heterocycles. The second-order valence-electron chi connectivity index (χ2n) is 3.66. The smallest absolute Gasteiger partial charge is 0.103 e. The molecule has 0 aromatic carbocycles. The molecule has 0 aliphatic carbocycles. The van der Waals surface area contributed by atoms with Crippen LogP contribution in [0.25, 0.3) is 0 Å². The fourth-order valence-corrected chi connectivity index (χ4v) is 2.69. The van der Waals surface area contributed by atoms with E-state index >= 15 is 0 Å². The van der Waals surface area contributed by atoms with Crippen LogP contribution in [-0.4, -0.2) is 16.8 Å². The molecule has 0 aliphatic rings. The van der Waals surface area contributed by atoms with E-state index in [0.29, 0.717) is 17.7 Å². The van der Waals surface area contributed by atoms with Crippen molar-refractivity contribution in [2.24, 2.45) is 5.73 Å². The Labute approximate surface area is 94.3 Å². The van der Waals surface area contributed by atoms with E-state index in [1.54, 1.807) is 11.3 Å². The first-order valence-electron chi connectivity index (χ1n) is 4.89. The van der Waals surface area contributed by atoms with Crippen molar-refractivity contribution in [1.29, 1.82) is 0 Å². The molecule has 0 spiro atoms. The van der Waals surface area contributed by atoms with Gasteiger partial charge in [0.15, 0.2) is 0 Å². The summed E-state index contributed by atoms with van der Waals surface area (Å²) >= 11 is 3.68. The minimum absolute atomic E-state index is 0.393. The van der Waals surface area contributed by atoms with E-state index in [1.165, 1.54) is 5.01 Å². The molecule has 14 heavy (non-hydrogen) atoms. The number of hydrogen-bond acceptors (Lipinski definition) is 4. The summed E-state index contributed by atoms with van der Waals surface area (Å²) in [5.41, 5.74) is 6.74. The molecular weight excluding hydrogens is 212 g/mol. The Balaban J connectivity index is 2.50. The van der Waals surface area contributed by atoms with E-state index < -0.39 is 0 Å². The van der Waals surface area contributed by atoms with Gasteiger partial charge in [0.1, 0.15) is 5.01 Å². The fourth-order valence-electron chi connectivity index (χ4n) is 0.976. The van der Waals surface area contributed by atoms with Crippen LogP contribution in [0.3, 0.4) is 0 Å². The Kier molecular flexibility index (Phi) is 4.92. The van der Waals surface area contributed by atoms with Gasteiger partial charge in [-0.15, -0.1) is 11.3 Å². The quantitative estimate of drug-likeness (QED) is 0.845. The lowest BCUT2D eigenvalue weighted by Crippen LogP contribution is -2.09. The van der Waals surface area contributed by atoms with Crippen molar-refractivity contribution in [3.8, 4) is 0 Å². The van der Waals surface area contributed by atoms with Gasteiger partial charge in [0.05, 0.1) is 5.69 Å². The van der Waals surface area contributed by atoms with Gasteiger partial charge < -0.3 is 5.73 Å². The van der Waals surface area contributed by atoms with Crippen molar-refractivity contribution in [1.82, 2.24) is 4.98 Å². The summed E-state index contributed by atoms with van der Waals surface area (Å²) in [4.78, 5) is 4.57. The first-order valence-corrected chi connectivity index (χ1v) is 6.82. The van der Waals surface area contributed by atoms with Gasteiger partial charge >= 0.3 is 0 Å². The summed E-state index contributed by atoms with van der Waals surface area (Å²) < 4.78 is 0. The summed E-state index contributed by atoms with van der Waals surface area (Å²) in [6.45, 7) is 7.22. The highest BCUT2D eigenvalue weighted by Gasteiger charge is 2.08. The molecule has 4 heteroatoms. The molecular formula is C10H18N2S2. The average Bonchev–Trinajstić information content (AvgIpc) is 2.62. The van der Waals surface area contributed by atoms with Gasteiger partial charge in [-0.2, -0.15) is 11.8 Å². The predicted octanol–water partition coefficient (Wildman–Crippen LogP) is 2.85.